The predicted molar refractivity (Wildman–Crippen MR) is 335 cm³/mol. The first-order valence-electron chi connectivity index (χ1n) is 33.4. The van der Waals surface area contributed by atoms with Gasteiger partial charge in [-0.3, -0.25) is 14.4 Å². The van der Waals surface area contributed by atoms with Crippen LogP contribution in [0.2, 0.25) is 0 Å². The fourth-order valence-corrected chi connectivity index (χ4v) is 9.70. The summed E-state index contributed by atoms with van der Waals surface area (Å²) in [6, 6.07) is 0. The van der Waals surface area contributed by atoms with E-state index in [1.807, 2.05) is 0 Å². The molecule has 0 rings (SSSR count). The molecule has 1 atom stereocenters. The minimum atomic E-state index is -0.773. The first-order valence-corrected chi connectivity index (χ1v) is 33.4. The Bertz CT molecular complexity index is 1420. The van der Waals surface area contributed by atoms with Crippen molar-refractivity contribution in [3.8, 4) is 0 Å². The molecule has 0 radical (unpaired) electrons. The highest BCUT2D eigenvalue weighted by Crippen LogP contribution is 2.17. The minimum absolute atomic E-state index is 0.0737. The molecular formula is C71H126O6. The Morgan fingerprint density at radius 3 is 0.805 bits per heavy atom. The summed E-state index contributed by atoms with van der Waals surface area (Å²) in [5.74, 6) is -0.875. The second kappa shape index (κ2) is 65.4. The Hall–Kier alpha value is -3.15. The van der Waals surface area contributed by atoms with E-state index < -0.39 is 6.10 Å². The number of hydrogen-bond acceptors (Lipinski definition) is 6. The van der Waals surface area contributed by atoms with Crippen molar-refractivity contribution in [1.82, 2.24) is 0 Å². The van der Waals surface area contributed by atoms with Gasteiger partial charge in [-0.15, -0.1) is 0 Å². The zero-order chi connectivity index (χ0) is 55.7. The average molecular weight is 1080 g/mol. The van der Waals surface area contributed by atoms with Crippen LogP contribution in [0.4, 0.5) is 0 Å². The fraction of sp³-hybridized carbons (Fsp3) is 0.789. The maximum atomic E-state index is 12.8. The molecule has 0 N–H and O–H groups in total. The molecule has 77 heavy (non-hydrogen) atoms. The van der Waals surface area contributed by atoms with Crippen molar-refractivity contribution in [1.29, 1.82) is 0 Å². The van der Waals surface area contributed by atoms with Crippen molar-refractivity contribution in [2.45, 2.75) is 348 Å². The summed E-state index contributed by atoms with van der Waals surface area (Å²) in [5, 5.41) is 0. The normalized spacial score (nSPS) is 12.5. The molecule has 0 aromatic rings. The van der Waals surface area contributed by atoms with E-state index in [2.05, 4.69) is 93.7 Å². The average Bonchev–Trinajstić information content (AvgIpc) is 3.43. The van der Waals surface area contributed by atoms with Crippen molar-refractivity contribution in [2.75, 3.05) is 13.2 Å². The van der Waals surface area contributed by atoms with Crippen LogP contribution >= 0.6 is 0 Å². The first kappa shape index (κ1) is 73.8. The SMILES string of the molecule is CC/C=C\C/C=C\C/C=C\C/C=C\CCCCCCCCCCCCCCCCCCCCCCCCC(=O)OCC(COC(=O)CCCCCCCC)OC(=O)CCCCCCCCC/C=C\C/C=C\CCCCCC. The standard InChI is InChI=1S/C71H126O6/c1-4-7-10-13-16-18-20-22-24-26-28-29-30-31-32-33-34-35-36-37-38-39-40-41-42-43-44-46-47-49-51-53-55-58-61-64-70(73)76-67-68(66-75-69(72)63-60-57-15-12-9-6-3)77-71(74)65-62-59-56-54-52-50-48-45-27-25-23-21-19-17-14-11-8-5-2/h7,10,16,18-19,21-22,24-25,27-29,68H,4-6,8-9,11-15,17,20,23,26,30-67H2,1-3H3/b10-7-,18-16-,21-19-,24-22-,27-25-,29-28-. The van der Waals surface area contributed by atoms with Crippen LogP contribution in [0.3, 0.4) is 0 Å². The molecule has 0 heterocycles. The van der Waals surface area contributed by atoms with E-state index in [0.29, 0.717) is 19.3 Å². The number of carbonyl (C=O) groups excluding carboxylic acids is 3. The molecule has 0 aliphatic heterocycles. The molecule has 0 aromatic carbocycles. The molecule has 446 valence electrons. The quantitative estimate of drug-likeness (QED) is 0.0261. The summed E-state index contributed by atoms with van der Waals surface area (Å²) >= 11 is 0. The monoisotopic (exact) mass is 1070 g/mol. The van der Waals surface area contributed by atoms with Gasteiger partial charge in [-0.25, -0.2) is 0 Å². The molecule has 1 unspecified atom stereocenters. The Labute approximate surface area is 478 Å². The van der Waals surface area contributed by atoms with Crippen molar-refractivity contribution < 1.29 is 28.6 Å². The number of allylic oxidation sites excluding steroid dienone is 12. The Morgan fingerprint density at radius 2 is 0.506 bits per heavy atom. The maximum Gasteiger partial charge on any atom is 0.306 e. The third-order valence-corrected chi connectivity index (χ3v) is 14.7. The van der Waals surface area contributed by atoms with Gasteiger partial charge in [0.25, 0.3) is 0 Å². The van der Waals surface area contributed by atoms with Crippen molar-refractivity contribution in [3.63, 3.8) is 0 Å². The molecule has 0 saturated carbocycles. The molecule has 0 aromatic heterocycles. The highest BCUT2D eigenvalue weighted by atomic mass is 16.6. The summed E-state index contributed by atoms with van der Waals surface area (Å²) in [5.41, 5.74) is 0. The molecule has 0 bridgehead atoms. The lowest BCUT2D eigenvalue weighted by Gasteiger charge is -2.18. The Balaban J connectivity index is 3.93. The predicted octanol–water partition coefficient (Wildman–Crippen LogP) is 22.9. The van der Waals surface area contributed by atoms with Gasteiger partial charge < -0.3 is 14.2 Å². The highest BCUT2D eigenvalue weighted by molar-refractivity contribution is 5.71. The second-order valence-electron chi connectivity index (χ2n) is 22.4. The molecule has 0 amide bonds. The molecule has 0 aliphatic carbocycles. The molecule has 0 spiro atoms. The third-order valence-electron chi connectivity index (χ3n) is 14.7. The number of ether oxygens (including phenoxy) is 3. The molecule has 6 heteroatoms. The van der Waals surface area contributed by atoms with Crippen molar-refractivity contribution in [2.24, 2.45) is 0 Å². The van der Waals surface area contributed by atoms with Gasteiger partial charge in [-0.05, 0) is 89.9 Å². The van der Waals surface area contributed by atoms with E-state index in [0.717, 1.165) is 96.3 Å². The van der Waals surface area contributed by atoms with Crippen molar-refractivity contribution >= 4 is 17.9 Å². The van der Waals surface area contributed by atoms with E-state index in [1.54, 1.807) is 0 Å². The van der Waals surface area contributed by atoms with Gasteiger partial charge in [0.2, 0.25) is 0 Å². The number of esters is 3. The summed E-state index contributed by atoms with van der Waals surface area (Å²) in [4.78, 5) is 38.0. The summed E-state index contributed by atoms with van der Waals surface area (Å²) in [6.07, 6.45) is 85.4. The lowest BCUT2D eigenvalue weighted by molar-refractivity contribution is -0.167. The largest absolute Gasteiger partial charge is 0.462 e. The zero-order valence-electron chi connectivity index (χ0n) is 51.2. The summed E-state index contributed by atoms with van der Waals surface area (Å²) in [6.45, 7) is 6.48. The van der Waals surface area contributed by atoms with Crippen LogP contribution in [-0.4, -0.2) is 37.2 Å². The van der Waals surface area contributed by atoms with Gasteiger partial charge in [0.05, 0.1) is 0 Å². The maximum absolute atomic E-state index is 12.8. The lowest BCUT2D eigenvalue weighted by atomic mass is 10.0. The molecule has 0 aliphatic rings. The van der Waals surface area contributed by atoms with Gasteiger partial charge in [0.15, 0.2) is 6.10 Å². The van der Waals surface area contributed by atoms with Gasteiger partial charge in [0, 0.05) is 19.3 Å². The fourth-order valence-electron chi connectivity index (χ4n) is 9.70. The van der Waals surface area contributed by atoms with Gasteiger partial charge >= 0.3 is 17.9 Å². The summed E-state index contributed by atoms with van der Waals surface area (Å²) in [7, 11) is 0. The third kappa shape index (κ3) is 63.6. The van der Waals surface area contributed by atoms with Crippen LogP contribution in [0.5, 0.6) is 0 Å². The number of unbranched alkanes of at least 4 members (excludes halogenated alkanes) is 38. The summed E-state index contributed by atoms with van der Waals surface area (Å²) < 4.78 is 16.8. The molecule has 0 fully saturated rings. The number of carbonyl (C=O) groups is 3. The van der Waals surface area contributed by atoms with E-state index in [9.17, 15) is 14.4 Å². The molecule has 0 saturated heterocycles. The van der Waals surface area contributed by atoms with Crippen molar-refractivity contribution in [3.05, 3.63) is 72.9 Å². The second-order valence-corrected chi connectivity index (χ2v) is 22.4. The van der Waals surface area contributed by atoms with Gasteiger partial charge in [-0.1, -0.05) is 306 Å². The van der Waals surface area contributed by atoms with Crippen LogP contribution in [0.1, 0.15) is 342 Å². The number of hydrogen-bond donors (Lipinski definition) is 0. The first-order chi connectivity index (χ1) is 38.0. The van der Waals surface area contributed by atoms with Gasteiger partial charge in [-0.2, -0.15) is 0 Å². The van der Waals surface area contributed by atoms with Crippen LogP contribution in [0.25, 0.3) is 0 Å². The molecular weight excluding hydrogens is 949 g/mol. The Kier molecular flexibility index (Phi) is 62.7. The topological polar surface area (TPSA) is 78.9 Å². The van der Waals surface area contributed by atoms with E-state index in [-0.39, 0.29) is 31.1 Å². The van der Waals surface area contributed by atoms with Crippen LogP contribution in [-0.2, 0) is 28.6 Å². The van der Waals surface area contributed by atoms with Crippen LogP contribution in [0.15, 0.2) is 72.9 Å². The van der Waals surface area contributed by atoms with E-state index in [1.165, 1.54) is 205 Å². The number of rotatable bonds is 61. The van der Waals surface area contributed by atoms with Gasteiger partial charge in [0.1, 0.15) is 13.2 Å². The zero-order valence-corrected chi connectivity index (χ0v) is 51.2. The Morgan fingerprint density at radius 1 is 0.273 bits per heavy atom. The van der Waals surface area contributed by atoms with E-state index >= 15 is 0 Å². The van der Waals surface area contributed by atoms with Crippen LogP contribution in [0, 0.1) is 0 Å². The smallest absolute Gasteiger partial charge is 0.306 e. The highest BCUT2D eigenvalue weighted by Gasteiger charge is 2.19. The lowest BCUT2D eigenvalue weighted by Crippen LogP contribution is -2.30. The van der Waals surface area contributed by atoms with E-state index in [4.69, 9.17) is 14.2 Å². The molecule has 6 nitrogen and oxygen atoms in total. The minimum Gasteiger partial charge on any atom is -0.462 e. The van der Waals surface area contributed by atoms with Crippen LogP contribution < -0.4 is 0 Å².